The number of aromatic nitrogens is 2. The number of hydrogen-bond donors (Lipinski definition) is 3. The number of rotatable bonds is 6. The molecule has 4 rings (SSSR count). The Hall–Kier alpha value is -4.08. The number of pyridine rings is 1. The fourth-order valence-corrected chi connectivity index (χ4v) is 4.08. The van der Waals surface area contributed by atoms with Gasteiger partial charge < -0.3 is 15.4 Å². The molecule has 0 saturated carbocycles. The lowest BCUT2D eigenvalue weighted by Crippen LogP contribution is -2.50. The Labute approximate surface area is 197 Å². The number of halogens is 3. The van der Waals surface area contributed by atoms with Crippen LogP contribution < -0.4 is 10.9 Å². The van der Waals surface area contributed by atoms with Crippen LogP contribution in [0.2, 0.25) is 0 Å². The molecule has 2 aromatic heterocycles. The molecule has 0 aliphatic rings. The molecule has 7 nitrogen and oxygen atoms in total. The lowest BCUT2D eigenvalue weighted by Gasteiger charge is -2.23. The van der Waals surface area contributed by atoms with E-state index in [0.29, 0.717) is 27.5 Å². The maximum atomic E-state index is 13.5. The van der Waals surface area contributed by atoms with Crippen molar-refractivity contribution in [1.82, 2.24) is 14.9 Å². The lowest BCUT2D eigenvalue weighted by molar-refractivity contribution is -0.174. The van der Waals surface area contributed by atoms with Crippen LogP contribution in [-0.2, 0) is 16.1 Å². The number of fused-ring (bicyclic) bond motifs is 3. The minimum absolute atomic E-state index is 0.0610. The van der Waals surface area contributed by atoms with Gasteiger partial charge in [0.15, 0.2) is 0 Å². The molecule has 1 atom stereocenters. The number of benzene rings is 2. The smallest absolute Gasteiger partial charge is 0.452 e. The fraction of sp³-hybridized carbons (Fsp3) is 0.240. The first-order chi connectivity index (χ1) is 16.5. The molecule has 1 unspecified atom stereocenters. The third kappa shape index (κ3) is 4.51. The molecule has 0 aliphatic carbocycles. The molecule has 2 heterocycles. The van der Waals surface area contributed by atoms with Crippen molar-refractivity contribution in [3.05, 3.63) is 65.0 Å². The Morgan fingerprint density at radius 3 is 2.34 bits per heavy atom. The number of aromatic amines is 1. The van der Waals surface area contributed by atoms with E-state index in [9.17, 15) is 32.7 Å². The van der Waals surface area contributed by atoms with Crippen LogP contribution in [0.5, 0.6) is 5.75 Å². The highest BCUT2D eigenvalue weighted by atomic mass is 19.4. The summed E-state index contributed by atoms with van der Waals surface area (Å²) in [6.45, 7) is 2.16. The summed E-state index contributed by atoms with van der Waals surface area (Å²) in [4.78, 5) is 41.0. The third-order valence-corrected chi connectivity index (χ3v) is 5.80. The van der Waals surface area contributed by atoms with Crippen LogP contribution in [0, 0.1) is 5.92 Å². The number of amides is 1. The molecule has 0 fully saturated rings. The number of hydrogen-bond acceptors (Lipinski definition) is 4. The van der Waals surface area contributed by atoms with Gasteiger partial charge in [0.1, 0.15) is 17.8 Å². The number of nitrogens with zero attached hydrogens (tertiary/aromatic N) is 1. The van der Waals surface area contributed by atoms with Crippen LogP contribution in [0.25, 0.3) is 33.1 Å². The molecule has 10 heteroatoms. The predicted octanol–water partition coefficient (Wildman–Crippen LogP) is 4.13. The predicted molar refractivity (Wildman–Crippen MR) is 125 cm³/mol. The van der Waals surface area contributed by atoms with Gasteiger partial charge in [0.05, 0.1) is 17.3 Å². The van der Waals surface area contributed by atoms with E-state index in [4.69, 9.17) is 0 Å². The molecule has 0 spiro atoms. The highest BCUT2D eigenvalue weighted by Crippen LogP contribution is 2.32. The molecule has 3 N–H and O–H groups in total. The molecule has 35 heavy (non-hydrogen) atoms. The molecule has 0 radical (unpaired) electrons. The van der Waals surface area contributed by atoms with Crippen molar-refractivity contribution >= 4 is 33.5 Å². The average molecular weight is 485 g/mol. The SMILES string of the molecule is CC(C)C(NC(=O)Cn1c(-c2ccccc2)cc2c([nH]c3c(O)cccc32)c1=O)C(=O)C(F)(F)F. The molecule has 182 valence electrons. The Morgan fingerprint density at radius 1 is 1.03 bits per heavy atom. The summed E-state index contributed by atoms with van der Waals surface area (Å²) in [5.41, 5.74) is 0.818. The van der Waals surface area contributed by atoms with Gasteiger partial charge in [0.25, 0.3) is 11.3 Å². The molecule has 0 bridgehead atoms. The van der Waals surface area contributed by atoms with E-state index in [0.717, 1.165) is 4.57 Å². The quantitative estimate of drug-likeness (QED) is 0.382. The number of alkyl halides is 3. The number of para-hydroxylation sites is 1. The monoisotopic (exact) mass is 485 g/mol. The van der Waals surface area contributed by atoms with Gasteiger partial charge in [-0.25, -0.2) is 0 Å². The fourth-order valence-electron chi connectivity index (χ4n) is 4.08. The molecular formula is C25H22F3N3O4. The number of carbonyl (C=O) groups is 2. The summed E-state index contributed by atoms with van der Waals surface area (Å²) >= 11 is 0. The number of ketones is 1. The van der Waals surface area contributed by atoms with E-state index in [1.807, 2.05) is 0 Å². The maximum absolute atomic E-state index is 13.5. The van der Waals surface area contributed by atoms with Gasteiger partial charge in [-0.2, -0.15) is 13.2 Å². The van der Waals surface area contributed by atoms with E-state index in [1.54, 1.807) is 48.5 Å². The normalized spacial score (nSPS) is 12.9. The second kappa shape index (κ2) is 8.94. The largest absolute Gasteiger partial charge is 0.506 e. The Kier molecular flexibility index (Phi) is 6.14. The number of H-pyrrole nitrogens is 1. The zero-order valence-corrected chi connectivity index (χ0v) is 18.8. The second-order valence-electron chi connectivity index (χ2n) is 8.55. The average Bonchev–Trinajstić information content (AvgIpc) is 3.19. The first-order valence-corrected chi connectivity index (χ1v) is 10.8. The summed E-state index contributed by atoms with van der Waals surface area (Å²) in [5.74, 6) is -3.86. The van der Waals surface area contributed by atoms with Crippen molar-refractivity contribution in [2.75, 3.05) is 0 Å². The summed E-state index contributed by atoms with van der Waals surface area (Å²) in [6.07, 6.45) is -5.11. The summed E-state index contributed by atoms with van der Waals surface area (Å²) in [6, 6.07) is 13.4. The molecule has 4 aromatic rings. The zero-order valence-electron chi connectivity index (χ0n) is 18.8. The number of aromatic hydroxyl groups is 1. The van der Waals surface area contributed by atoms with Crippen LogP contribution in [0.4, 0.5) is 13.2 Å². The van der Waals surface area contributed by atoms with Crippen molar-refractivity contribution in [3.8, 4) is 17.0 Å². The van der Waals surface area contributed by atoms with Crippen molar-refractivity contribution in [1.29, 1.82) is 0 Å². The standard InChI is InChI=1S/C25H22F3N3O4/c1-13(2)20(23(34)25(26,27)28)29-19(33)12-31-17(14-7-4-3-5-8-14)11-16-15-9-6-10-18(32)21(15)30-22(16)24(31)35/h3-11,13,20,30,32H,12H2,1-2H3,(H,29,33). The van der Waals surface area contributed by atoms with Crippen LogP contribution >= 0.6 is 0 Å². The van der Waals surface area contributed by atoms with Gasteiger partial charge in [0, 0.05) is 10.8 Å². The third-order valence-electron chi connectivity index (χ3n) is 5.80. The molecule has 0 saturated heterocycles. The van der Waals surface area contributed by atoms with Gasteiger partial charge in [-0.05, 0) is 23.6 Å². The van der Waals surface area contributed by atoms with Gasteiger partial charge in [-0.1, -0.05) is 56.3 Å². The van der Waals surface area contributed by atoms with Gasteiger partial charge >= 0.3 is 6.18 Å². The summed E-state index contributed by atoms with van der Waals surface area (Å²) < 4.78 is 40.2. The molecule has 1 amide bonds. The number of carbonyl (C=O) groups excluding carboxylic acids is 2. The maximum Gasteiger partial charge on any atom is 0.452 e. The Morgan fingerprint density at radius 2 is 1.71 bits per heavy atom. The van der Waals surface area contributed by atoms with Crippen LogP contribution in [-0.4, -0.2) is 38.6 Å². The minimum atomic E-state index is -5.11. The van der Waals surface area contributed by atoms with E-state index in [1.165, 1.54) is 19.9 Å². The van der Waals surface area contributed by atoms with Crippen LogP contribution in [0.3, 0.4) is 0 Å². The minimum Gasteiger partial charge on any atom is -0.506 e. The van der Waals surface area contributed by atoms with E-state index >= 15 is 0 Å². The highest BCUT2D eigenvalue weighted by molar-refractivity contribution is 6.09. The van der Waals surface area contributed by atoms with Crippen LogP contribution in [0.1, 0.15) is 13.8 Å². The van der Waals surface area contributed by atoms with E-state index in [2.05, 4.69) is 10.3 Å². The first kappa shape index (κ1) is 24.1. The zero-order chi connectivity index (χ0) is 25.5. The van der Waals surface area contributed by atoms with E-state index in [-0.39, 0.29) is 11.3 Å². The molecular weight excluding hydrogens is 463 g/mol. The molecule has 0 aliphatic heterocycles. The number of phenols is 1. The molecule has 2 aromatic carbocycles. The Balaban J connectivity index is 1.83. The van der Waals surface area contributed by atoms with Gasteiger partial charge in [-0.15, -0.1) is 0 Å². The van der Waals surface area contributed by atoms with Gasteiger partial charge in [0.2, 0.25) is 5.91 Å². The van der Waals surface area contributed by atoms with Gasteiger partial charge in [-0.3, -0.25) is 19.0 Å². The second-order valence-corrected chi connectivity index (χ2v) is 8.55. The van der Waals surface area contributed by atoms with E-state index < -0.39 is 41.9 Å². The Bertz CT molecular complexity index is 1490. The lowest BCUT2D eigenvalue weighted by atomic mass is 9.99. The van der Waals surface area contributed by atoms with Crippen molar-refractivity contribution in [2.24, 2.45) is 5.92 Å². The topological polar surface area (TPSA) is 104 Å². The summed E-state index contributed by atoms with van der Waals surface area (Å²) in [7, 11) is 0. The number of phenolic OH excluding ortho intramolecular Hbond substituents is 1. The van der Waals surface area contributed by atoms with Crippen LogP contribution in [0.15, 0.2) is 59.4 Å². The highest BCUT2D eigenvalue weighted by Gasteiger charge is 2.45. The summed E-state index contributed by atoms with van der Waals surface area (Å²) in [5, 5.41) is 13.5. The first-order valence-electron chi connectivity index (χ1n) is 10.8. The van der Waals surface area contributed by atoms with Crippen molar-refractivity contribution in [3.63, 3.8) is 0 Å². The van der Waals surface area contributed by atoms with Crippen molar-refractivity contribution in [2.45, 2.75) is 32.6 Å². The number of nitrogens with one attached hydrogen (secondary N) is 2. The number of Topliss-reactive ketones (excluding diaryl/α,β-unsaturated/α-hetero) is 1. The van der Waals surface area contributed by atoms with Crippen molar-refractivity contribution < 1.29 is 27.9 Å².